The van der Waals surface area contributed by atoms with Gasteiger partial charge in [-0.05, 0) is 61.2 Å². The Morgan fingerprint density at radius 2 is 1.89 bits per heavy atom. The number of carbonyl (C=O) groups excluding carboxylic acids is 1. The number of hydrogen-bond acceptors (Lipinski definition) is 5. The third-order valence-electron chi connectivity index (χ3n) is 4.14. The van der Waals surface area contributed by atoms with Gasteiger partial charge >= 0.3 is 0 Å². The first-order valence-electron chi connectivity index (χ1n) is 8.82. The molecule has 0 atom stereocenters. The predicted octanol–water partition coefficient (Wildman–Crippen LogP) is 1.96. The number of rotatable bonds is 9. The Morgan fingerprint density at radius 1 is 1.15 bits per heavy atom. The van der Waals surface area contributed by atoms with Crippen LogP contribution < -0.4 is 20.5 Å². The number of nitrogens with one attached hydrogen (secondary N) is 2. The molecule has 2 aromatic carbocycles. The summed E-state index contributed by atoms with van der Waals surface area (Å²) >= 11 is 0. The highest BCUT2D eigenvalue weighted by Gasteiger charge is 2.22. The number of benzene rings is 2. The molecule has 3 rings (SSSR count). The summed E-state index contributed by atoms with van der Waals surface area (Å²) in [6, 6.07) is 12.9. The summed E-state index contributed by atoms with van der Waals surface area (Å²) in [6.07, 6.45) is 2.44. The molecular weight excluding hydrogens is 366 g/mol. The van der Waals surface area contributed by atoms with E-state index in [1.54, 1.807) is 36.4 Å². The van der Waals surface area contributed by atoms with E-state index in [2.05, 4.69) is 10.0 Å². The molecule has 0 radical (unpaired) electrons. The van der Waals surface area contributed by atoms with Crippen molar-refractivity contribution < 1.29 is 17.9 Å². The molecule has 8 heteroatoms. The number of hydrogen-bond donors (Lipinski definition) is 3. The first-order chi connectivity index (χ1) is 13.0. The second-order valence-corrected chi connectivity index (χ2v) is 8.21. The molecule has 27 heavy (non-hydrogen) atoms. The van der Waals surface area contributed by atoms with Crippen LogP contribution in [0.3, 0.4) is 0 Å². The maximum absolute atomic E-state index is 12.4. The quantitative estimate of drug-likeness (QED) is 0.607. The van der Waals surface area contributed by atoms with Crippen molar-refractivity contribution in [1.29, 1.82) is 0 Å². The standard InChI is InChI=1S/C19H23N3O4S/c20-10-11-21-27(24,25)18-3-1-2-16(12-18)22-19(23)15-6-8-17(9-7-15)26-13-14-4-5-14/h1-3,6-9,12,14,21H,4-5,10-11,13,20H2,(H,22,23). The zero-order valence-corrected chi connectivity index (χ0v) is 15.7. The van der Waals surface area contributed by atoms with Gasteiger partial charge in [-0.1, -0.05) is 6.07 Å². The number of sulfonamides is 1. The Labute approximate surface area is 159 Å². The first-order valence-corrected chi connectivity index (χ1v) is 10.3. The molecular formula is C19H23N3O4S. The Morgan fingerprint density at radius 3 is 2.56 bits per heavy atom. The van der Waals surface area contributed by atoms with E-state index < -0.39 is 10.0 Å². The minimum absolute atomic E-state index is 0.0672. The molecule has 0 heterocycles. The average molecular weight is 389 g/mol. The van der Waals surface area contributed by atoms with Crippen LogP contribution in [0.5, 0.6) is 5.75 Å². The lowest BCUT2D eigenvalue weighted by molar-refractivity contribution is 0.102. The van der Waals surface area contributed by atoms with Gasteiger partial charge in [0.15, 0.2) is 0 Å². The minimum atomic E-state index is -3.66. The van der Waals surface area contributed by atoms with Gasteiger partial charge in [0.1, 0.15) is 5.75 Å². The van der Waals surface area contributed by atoms with Crippen molar-refractivity contribution in [3.63, 3.8) is 0 Å². The molecule has 0 aromatic heterocycles. The maximum atomic E-state index is 12.4. The third-order valence-corrected chi connectivity index (χ3v) is 5.60. The Kier molecular flexibility index (Phi) is 6.10. The summed E-state index contributed by atoms with van der Waals surface area (Å²) in [6.45, 7) is 1.06. The number of ether oxygens (including phenoxy) is 1. The molecule has 0 spiro atoms. The fourth-order valence-corrected chi connectivity index (χ4v) is 3.52. The largest absolute Gasteiger partial charge is 0.493 e. The first kappa shape index (κ1) is 19.3. The zero-order valence-electron chi connectivity index (χ0n) is 14.9. The lowest BCUT2D eigenvalue weighted by Gasteiger charge is -2.10. The van der Waals surface area contributed by atoms with Crippen LogP contribution in [0.15, 0.2) is 53.4 Å². The molecule has 144 valence electrons. The van der Waals surface area contributed by atoms with Crippen molar-refractivity contribution in [2.45, 2.75) is 17.7 Å². The van der Waals surface area contributed by atoms with Crippen molar-refractivity contribution in [3.8, 4) is 5.75 Å². The minimum Gasteiger partial charge on any atom is -0.493 e. The van der Waals surface area contributed by atoms with Crippen LogP contribution >= 0.6 is 0 Å². The van der Waals surface area contributed by atoms with E-state index in [-0.39, 0.29) is 23.9 Å². The Bertz CT molecular complexity index is 893. The smallest absolute Gasteiger partial charge is 0.255 e. The molecule has 7 nitrogen and oxygen atoms in total. The second-order valence-electron chi connectivity index (χ2n) is 6.45. The fourth-order valence-electron chi connectivity index (χ4n) is 2.42. The zero-order chi connectivity index (χ0) is 19.3. The van der Waals surface area contributed by atoms with Crippen LogP contribution in [0, 0.1) is 5.92 Å². The van der Waals surface area contributed by atoms with E-state index in [4.69, 9.17) is 10.5 Å². The van der Waals surface area contributed by atoms with Crippen molar-refractivity contribution in [1.82, 2.24) is 4.72 Å². The summed E-state index contributed by atoms with van der Waals surface area (Å²) in [5.41, 5.74) is 6.18. The van der Waals surface area contributed by atoms with Crippen molar-refractivity contribution in [2.75, 3.05) is 25.0 Å². The topological polar surface area (TPSA) is 111 Å². The van der Waals surface area contributed by atoms with Gasteiger partial charge in [0, 0.05) is 24.3 Å². The number of nitrogens with two attached hydrogens (primary N) is 1. The van der Waals surface area contributed by atoms with Crippen LogP contribution in [-0.4, -0.2) is 34.0 Å². The Hall–Kier alpha value is -2.42. The van der Waals surface area contributed by atoms with Gasteiger partial charge in [0.25, 0.3) is 5.91 Å². The van der Waals surface area contributed by atoms with Crippen molar-refractivity contribution in [3.05, 3.63) is 54.1 Å². The molecule has 1 saturated carbocycles. The van der Waals surface area contributed by atoms with Gasteiger partial charge in [-0.25, -0.2) is 13.1 Å². The third kappa shape index (κ3) is 5.53. The molecule has 4 N–H and O–H groups in total. The normalized spacial score (nSPS) is 14.0. The van der Waals surface area contributed by atoms with E-state index in [1.165, 1.54) is 25.0 Å². The van der Waals surface area contributed by atoms with Gasteiger partial charge < -0.3 is 15.8 Å². The van der Waals surface area contributed by atoms with Gasteiger partial charge in [0.05, 0.1) is 11.5 Å². The molecule has 0 bridgehead atoms. The van der Waals surface area contributed by atoms with Gasteiger partial charge in [-0.2, -0.15) is 0 Å². The summed E-state index contributed by atoms with van der Waals surface area (Å²) in [7, 11) is -3.66. The van der Waals surface area contributed by atoms with Gasteiger partial charge in [0.2, 0.25) is 10.0 Å². The van der Waals surface area contributed by atoms with Gasteiger partial charge in [-0.3, -0.25) is 4.79 Å². The van der Waals surface area contributed by atoms with E-state index in [0.29, 0.717) is 23.8 Å². The molecule has 1 amide bonds. The molecule has 1 aliphatic rings. The van der Waals surface area contributed by atoms with E-state index in [9.17, 15) is 13.2 Å². The van der Waals surface area contributed by atoms with Crippen LogP contribution in [0.1, 0.15) is 23.2 Å². The number of anilines is 1. The predicted molar refractivity (Wildman–Crippen MR) is 103 cm³/mol. The highest BCUT2D eigenvalue weighted by molar-refractivity contribution is 7.89. The van der Waals surface area contributed by atoms with Crippen LogP contribution in [-0.2, 0) is 10.0 Å². The number of carbonyl (C=O) groups is 1. The molecule has 1 aliphatic carbocycles. The molecule has 2 aromatic rings. The SMILES string of the molecule is NCCNS(=O)(=O)c1cccc(NC(=O)c2ccc(OCC3CC3)cc2)c1. The molecule has 0 unspecified atom stereocenters. The average Bonchev–Trinajstić information content (AvgIpc) is 3.50. The number of amides is 1. The maximum Gasteiger partial charge on any atom is 0.255 e. The summed E-state index contributed by atoms with van der Waals surface area (Å²) in [4.78, 5) is 12.5. The summed E-state index contributed by atoms with van der Waals surface area (Å²) in [5.74, 6) is 1.07. The second kappa shape index (κ2) is 8.51. The van der Waals surface area contributed by atoms with Crippen LogP contribution in [0.4, 0.5) is 5.69 Å². The van der Waals surface area contributed by atoms with E-state index in [0.717, 1.165) is 5.75 Å². The van der Waals surface area contributed by atoms with Crippen molar-refractivity contribution in [2.24, 2.45) is 11.7 Å². The highest BCUT2D eigenvalue weighted by atomic mass is 32.2. The highest BCUT2D eigenvalue weighted by Crippen LogP contribution is 2.29. The van der Waals surface area contributed by atoms with Crippen LogP contribution in [0.25, 0.3) is 0 Å². The lowest BCUT2D eigenvalue weighted by atomic mass is 10.2. The van der Waals surface area contributed by atoms with Crippen LogP contribution in [0.2, 0.25) is 0 Å². The Balaban J connectivity index is 1.64. The summed E-state index contributed by atoms with van der Waals surface area (Å²) < 4.78 is 32.4. The molecule has 0 aliphatic heterocycles. The van der Waals surface area contributed by atoms with E-state index >= 15 is 0 Å². The molecule has 0 saturated heterocycles. The monoisotopic (exact) mass is 389 g/mol. The van der Waals surface area contributed by atoms with Crippen molar-refractivity contribution >= 4 is 21.6 Å². The fraction of sp³-hybridized carbons (Fsp3) is 0.316. The summed E-state index contributed by atoms with van der Waals surface area (Å²) in [5, 5.41) is 2.71. The van der Waals surface area contributed by atoms with Gasteiger partial charge in [-0.15, -0.1) is 0 Å². The molecule has 1 fully saturated rings. The van der Waals surface area contributed by atoms with E-state index in [1.807, 2.05) is 0 Å². The lowest BCUT2D eigenvalue weighted by Crippen LogP contribution is -2.29.